The molecule has 4 rings (SSSR count). The van der Waals surface area contributed by atoms with Crippen LogP contribution in [0.3, 0.4) is 0 Å². The van der Waals surface area contributed by atoms with Crippen molar-refractivity contribution in [1.82, 2.24) is 0 Å². The quantitative estimate of drug-likeness (QED) is 0.397. The lowest BCUT2D eigenvalue weighted by Gasteiger charge is -2.16. The van der Waals surface area contributed by atoms with E-state index in [0.29, 0.717) is 12.8 Å². The van der Waals surface area contributed by atoms with Gasteiger partial charge in [-0.25, -0.2) is 0 Å². The van der Waals surface area contributed by atoms with Crippen molar-refractivity contribution in [2.75, 3.05) is 23.8 Å². The maximum Gasteiger partial charge on any atom is 0.130 e. The molecule has 0 bridgehead atoms. The number of hydrogen-bond acceptors (Lipinski definition) is 8. The highest BCUT2D eigenvalue weighted by Crippen LogP contribution is 2.27. The minimum absolute atomic E-state index is 0.196. The van der Waals surface area contributed by atoms with Gasteiger partial charge >= 0.3 is 0 Å². The van der Waals surface area contributed by atoms with Crippen molar-refractivity contribution in [3.05, 3.63) is 48.5 Å². The van der Waals surface area contributed by atoms with Crippen molar-refractivity contribution in [2.45, 2.75) is 49.7 Å². The molecule has 2 fully saturated rings. The summed E-state index contributed by atoms with van der Waals surface area (Å²) in [6.45, 7) is -0.392. The lowest BCUT2D eigenvalue weighted by molar-refractivity contribution is -0.0149. The highest BCUT2D eigenvalue weighted by atomic mass is 16.5. The fourth-order valence-corrected chi connectivity index (χ4v) is 3.86. The first-order valence-corrected chi connectivity index (χ1v) is 10.2. The molecule has 6 N–H and O–H groups in total. The molecule has 0 saturated carbocycles. The molecule has 0 radical (unpaired) electrons. The highest BCUT2D eigenvalue weighted by molar-refractivity contribution is 5.68. The van der Waals surface area contributed by atoms with Crippen LogP contribution in [0.25, 0.3) is 11.1 Å². The SMILES string of the molecule is OC[C@@H]1O[C@@H](Nc2ccc(-c3ccc(N[C@H]4C[C@@H](O)[C@H](CO)O4)cc3)cc2)C[C@H]1O. The van der Waals surface area contributed by atoms with Gasteiger partial charge in [0.05, 0.1) is 25.4 Å². The Labute approximate surface area is 175 Å². The average Bonchev–Trinajstić information content (AvgIpc) is 3.30. The molecule has 2 aliphatic rings. The van der Waals surface area contributed by atoms with Crippen LogP contribution < -0.4 is 10.6 Å². The molecule has 0 amide bonds. The topological polar surface area (TPSA) is 123 Å². The van der Waals surface area contributed by atoms with Gasteiger partial charge in [-0.15, -0.1) is 0 Å². The molecule has 8 nitrogen and oxygen atoms in total. The Bertz CT molecular complexity index is 746. The first-order chi connectivity index (χ1) is 14.6. The zero-order chi connectivity index (χ0) is 21.1. The summed E-state index contributed by atoms with van der Waals surface area (Å²) in [7, 11) is 0. The minimum Gasteiger partial charge on any atom is -0.394 e. The third kappa shape index (κ3) is 4.75. The summed E-state index contributed by atoms with van der Waals surface area (Å²) in [4.78, 5) is 0. The van der Waals surface area contributed by atoms with E-state index >= 15 is 0 Å². The Morgan fingerprint density at radius 2 is 1.03 bits per heavy atom. The number of hydrogen-bond donors (Lipinski definition) is 6. The van der Waals surface area contributed by atoms with Gasteiger partial charge in [0.1, 0.15) is 24.7 Å². The van der Waals surface area contributed by atoms with Crippen LogP contribution in [0, 0.1) is 0 Å². The van der Waals surface area contributed by atoms with Gasteiger partial charge in [-0.05, 0) is 35.4 Å². The number of aliphatic hydroxyl groups is 4. The van der Waals surface area contributed by atoms with E-state index in [4.69, 9.17) is 9.47 Å². The van der Waals surface area contributed by atoms with E-state index in [-0.39, 0.29) is 25.7 Å². The first-order valence-electron chi connectivity index (χ1n) is 10.2. The van der Waals surface area contributed by atoms with Crippen molar-refractivity contribution in [3.63, 3.8) is 0 Å². The summed E-state index contributed by atoms with van der Waals surface area (Å²) >= 11 is 0. The van der Waals surface area contributed by atoms with Crippen LogP contribution in [-0.4, -0.2) is 70.5 Å². The third-order valence-electron chi connectivity index (χ3n) is 5.57. The van der Waals surface area contributed by atoms with Crippen LogP contribution in [0.15, 0.2) is 48.5 Å². The molecule has 8 heteroatoms. The molecule has 2 heterocycles. The smallest absolute Gasteiger partial charge is 0.130 e. The number of nitrogens with one attached hydrogen (secondary N) is 2. The second-order valence-corrected chi connectivity index (χ2v) is 7.74. The van der Waals surface area contributed by atoms with E-state index in [1.807, 2.05) is 48.5 Å². The van der Waals surface area contributed by atoms with Gasteiger partial charge in [0.25, 0.3) is 0 Å². The summed E-state index contributed by atoms with van der Waals surface area (Å²) in [5.41, 5.74) is 3.87. The van der Waals surface area contributed by atoms with Gasteiger partial charge in [0.2, 0.25) is 0 Å². The number of aliphatic hydroxyl groups excluding tert-OH is 4. The molecule has 2 aromatic carbocycles. The van der Waals surface area contributed by atoms with Crippen molar-refractivity contribution in [2.24, 2.45) is 0 Å². The average molecular weight is 416 g/mol. The van der Waals surface area contributed by atoms with Crippen LogP contribution >= 0.6 is 0 Å². The van der Waals surface area contributed by atoms with Crippen LogP contribution in [0.4, 0.5) is 11.4 Å². The molecule has 6 atom stereocenters. The molecule has 30 heavy (non-hydrogen) atoms. The van der Waals surface area contributed by atoms with E-state index in [1.54, 1.807) is 0 Å². The highest BCUT2D eigenvalue weighted by Gasteiger charge is 2.34. The van der Waals surface area contributed by atoms with Gasteiger partial charge in [-0.1, -0.05) is 24.3 Å². The molecule has 0 spiro atoms. The molecule has 2 saturated heterocycles. The maximum absolute atomic E-state index is 9.82. The minimum atomic E-state index is -0.661. The van der Waals surface area contributed by atoms with Gasteiger partial charge in [0, 0.05) is 24.2 Å². The lowest BCUT2D eigenvalue weighted by atomic mass is 10.0. The fourth-order valence-electron chi connectivity index (χ4n) is 3.86. The van der Waals surface area contributed by atoms with Gasteiger partial charge < -0.3 is 40.5 Å². The summed E-state index contributed by atoms with van der Waals surface area (Å²) in [6, 6.07) is 15.8. The van der Waals surface area contributed by atoms with E-state index in [1.165, 1.54) is 0 Å². The lowest BCUT2D eigenvalue weighted by Crippen LogP contribution is -2.25. The number of anilines is 2. The molecule has 2 aromatic rings. The molecule has 0 aromatic heterocycles. The monoisotopic (exact) mass is 416 g/mol. The molecule has 2 aliphatic heterocycles. The Hall–Kier alpha value is -2.20. The predicted octanol–water partition coefficient (Wildman–Crippen LogP) is 1.11. The standard InChI is InChI=1S/C22H28N2O6/c25-11-19-17(27)9-21(29-19)23-15-5-1-13(2-6-15)14-3-7-16(8-4-14)24-22-10-18(28)20(12-26)30-22/h1-8,17-28H,9-12H2/t17-,18-,19+,20+,21-,22-/m1/s1. The summed E-state index contributed by atoms with van der Waals surface area (Å²) in [5, 5.41) is 44.4. The second-order valence-electron chi connectivity index (χ2n) is 7.74. The number of benzene rings is 2. The third-order valence-corrected chi connectivity index (χ3v) is 5.57. The van der Waals surface area contributed by atoms with Crippen molar-refractivity contribution < 1.29 is 29.9 Å². The summed E-state index contributed by atoms with van der Waals surface area (Å²) in [5.74, 6) is 0. The molecule has 0 aliphatic carbocycles. The Balaban J connectivity index is 1.33. The number of ether oxygens (including phenoxy) is 2. The summed E-state index contributed by atoms with van der Waals surface area (Å²) < 4.78 is 11.1. The Morgan fingerprint density at radius 1 is 0.667 bits per heavy atom. The van der Waals surface area contributed by atoms with Crippen molar-refractivity contribution in [3.8, 4) is 11.1 Å². The molecule has 0 unspecified atom stereocenters. The van der Waals surface area contributed by atoms with E-state index in [2.05, 4.69) is 10.6 Å². The van der Waals surface area contributed by atoms with Crippen molar-refractivity contribution >= 4 is 11.4 Å². The van der Waals surface area contributed by atoms with Gasteiger partial charge in [0.15, 0.2) is 0 Å². The van der Waals surface area contributed by atoms with Gasteiger partial charge in [-0.2, -0.15) is 0 Å². The van der Waals surface area contributed by atoms with E-state index in [0.717, 1.165) is 22.5 Å². The fraction of sp³-hybridized carbons (Fsp3) is 0.455. The molecule has 162 valence electrons. The van der Waals surface area contributed by atoms with Crippen molar-refractivity contribution in [1.29, 1.82) is 0 Å². The normalized spacial score (nSPS) is 31.1. The number of rotatable bonds is 7. The largest absolute Gasteiger partial charge is 0.394 e. The van der Waals surface area contributed by atoms with Crippen LogP contribution in [0.1, 0.15) is 12.8 Å². The van der Waals surface area contributed by atoms with Crippen LogP contribution in [0.2, 0.25) is 0 Å². The van der Waals surface area contributed by atoms with E-state index < -0.39 is 24.4 Å². The van der Waals surface area contributed by atoms with Gasteiger partial charge in [-0.3, -0.25) is 0 Å². The second kappa shape index (κ2) is 9.30. The van der Waals surface area contributed by atoms with E-state index in [9.17, 15) is 20.4 Å². The molecular weight excluding hydrogens is 388 g/mol. The van der Waals surface area contributed by atoms with Crippen LogP contribution in [0.5, 0.6) is 0 Å². The first kappa shape index (κ1) is 21.0. The Kier molecular flexibility index (Phi) is 6.52. The van der Waals surface area contributed by atoms with Crippen LogP contribution in [-0.2, 0) is 9.47 Å². The zero-order valence-corrected chi connectivity index (χ0v) is 16.5. The zero-order valence-electron chi connectivity index (χ0n) is 16.5. The summed E-state index contributed by atoms with van der Waals surface area (Å²) in [6.07, 6.45) is -2.18. The molecular formula is C22H28N2O6. The Morgan fingerprint density at radius 3 is 1.33 bits per heavy atom. The maximum atomic E-state index is 9.82. The predicted molar refractivity (Wildman–Crippen MR) is 112 cm³/mol.